The minimum absolute atomic E-state index is 0.00829. The monoisotopic (exact) mass is 595 g/mol. The van der Waals surface area contributed by atoms with Gasteiger partial charge in [0.15, 0.2) is 0 Å². The number of fused-ring (bicyclic) bond motifs is 2. The van der Waals surface area contributed by atoms with Crippen LogP contribution in [0.2, 0.25) is 0 Å². The first-order valence-electron chi connectivity index (χ1n) is 14.8. The molecular formula is C33H46FN5O2S. The maximum absolute atomic E-state index is 13.6. The Morgan fingerprint density at radius 3 is 2.33 bits per heavy atom. The molecule has 1 atom stereocenters. The summed E-state index contributed by atoms with van der Waals surface area (Å²) in [6.45, 7) is 10.4. The zero-order chi connectivity index (χ0) is 30.3. The number of halogens is 1. The van der Waals surface area contributed by atoms with Crippen molar-refractivity contribution in [1.82, 2.24) is 23.9 Å². The fourth-order valence-corrected chi connectivity index (χ4v) is 7.96. The molecular weight excluding hydrogens is 549 g/mol. The van der Waals surface area contributed by atoms with Gasteiger partial charge in [-0.2, -0.15) is 5.10 Å². The van der Waals surface area contributed by atoms with E-state index in [0.29, 0.717) is 18.0 Å². The second-order valence-corrected chi connectivity index (χ2v) is 15.4. The molecule has 0 radical (unpaired) electrons. The lowest BCUT2D eigenvalue weighted by Crippen LogP contribution is -2.52. The van der Waals surface area contributed by atoms with Crippen molar-refractivity contribution in [2.24, 2.45) is 5.41 Å². The molecule has 1 aliphatic carbocycles. The van der Waals surface area contributed by atoms with Crippen LogP contribution in [0.4, 0.5) is 4.39 Å². The number of hydrogen-bond donors (Lipinski definition) is 2. The Morgan fingerprint density at radius 2 is 1.69 bits per heavy atom. The first-order valence-corrected chi connectivity index (χ1v) is 16.3. The van der Waals surface area contributed by atoms with Gasteiger partial charge in [-0.15, -0.1) is 10.8 Å². The van der Waals surface area contributed by atoms with E-state index in [0.717, 1.165) is 55.8 Å². The van der Waals surface area contributed by atoms with E-state index in [1.165, 1.54) is 23.3 Å². The van der Waals surface area contributed by atoms with Gasteiger partial charge in [-0.05, 0) is 113 Å². The van der Waals surface area contributed by atoms with Crippen molar-refractivity contribution in [2.75, 3.05) is 53.9 Å². The largest absolute Gasteiger partial charge is 0.309 e. The molecule has 1 saturated heterocycles. The van der Waals surface area contributed by atoms with Gasteiger partial charge in [-0.1, -0.05) is 38.5 Å². The number of rotatable bonds is 9. The second kappa shape index (κ2) is 11.9. The number of piperidine rings is 1. The first kappa shape index (κ1) is 30.9. The summed E-state index contributed by atoms with van der Waals surface area (Å²) in [7, 11) is 3.19. The van der Waals surface area contributed by atoms with E-state index in [4.69, 9.17) is 5.10 Å². The molecule has 0 spiro atoms. The molecule has 2 aromatic carbocycles. The van der Waals surface area contributed by atoms with Crippen molar-refractivity contribution in [3.05, 3.63) is 82.9 Å². The minimum Gasteiger partial charge on any atom is -0.309 e. The lowest BCUT2D eigenvalue weighted by Gasteiger charge is -2.53. The molecule has 1 aliphatic heterocycles. The van der Waals surface area contributed by atoms with E-state index in [2.05, 4.69) is 57.8 Å². The maximum Gasteiger partial charge on any atom is 0.123 e. The summed E-state index contributed by atoms with van der Waals surface area (Å²) in [5.41, 5.74) is 5.16. The van der Waals surface area contributed by atoms with Gasteiger partial charge in [-0.25, -0.2) is 13.4 Å². The fourth-order valence-electron chi connectivity index (χ4n) is 6.39. The minimum atomic E-state index is -3.17. The van der Waals surface area contributed by atoms with Crippen molar-refractivity contribution in [2.45, 2.75) is 50.3 Å². The molecule has 2 N–H and O–H groups in total. The second-order valence-electron chi connectivity index (χ2n) is 13.4. The van der Waals surface area contributed by atoms with Crippen LogP contribution in [-0.2, 0) is 11.8 Å². The van der Waals surface area contributed by atoms with Crippen LogP contribution in [0, 0.1) is 11.2 Å². The molecule has 42 heavy (non-hydrogen) atoms. The summed E-state index contributed by atoms with van der Waals surface area (Å²) in [6, 6.07) is 14.2. The van der Waals surface area contributed by atoms with Gasteiger partial charge in [0, 0.05) is 25.0 Å². The van der Waals surface area contributed by atoms with Crippen LogP contribution in [0.3, 0.4) is 0 Å². The molecule has 1 aromatic heterocycles. The normalized spacial score (nSPS) is 20.0. The van der Waals surface area contributed by atoms with Gasteiger partial charge >= 0.3 is 0 Å². The molecule has 0 bridgehead atoms. The number of nitrogens with zero attached hydrogens (tertiary/aromatic N) is 5. The highest BCUT2D eigenvalue weighted by Crippen LogP contribution is 2.57. The first-order chi connectivity index (χ1) is 19.8. The van der Waals surface area contributed by atoms with Gasteiger partial charge < -0.3 is 9.80 Å². The molecule has 9 heteroatoms. The summed E-state index contributed by atoms with van der Waals surface area (Å²) < 4.78 is 40.8. The molecule has 2 heterocycles. The predicted molar refractivity (Wildman–Crippen MR) is 171 cm³/mol. The van der Waals surface area contributed by atoms with Crippen LogP contribution in [0.1, 0.15) is 50.4 Å². The Hall–Kier alpha value is -2.53. The lowest BCUT2D eigenvalue weighted by atomic mass is 9.68. The van der Waals surface area contributed by atoms with Crippen LogP contribution in [0.15, 0.2) is 65.2 Å². The topological polar surface area (TPSA) is 68.0 Å². The standard InChI is InChI=1S/C33H46FN5O2S/c1-32(2,3)26-8-14-30(15-9-26)42(40,41)38-19-16-27-20-31-25(22-35-39(31)29-12-10-28(34)11-13-29)21-33(27,24-38)23-37(6)18-7-17-36(4)5/h8-15,20,22,40-41H,7,16-19,21,23-24H2,1-6H3/t33-/m0/s1. The highest BCUT2D eigenvalue weighted by molar-refractivity contribution is 8.22. The molecule has 0 saturated carbocycles. The summed E-state index contributed by atoms with van der Waals surface area (Å²) in [4.78, 5) is 5.16. The average Bonchev–Trinajstić information content (AvgIpc) is 3.33. The van der Waals surface area contributed by atoms with Crippen LogP contribution in [0.5, 0.6) is 0 Å². The molecule has 3 aromatic rings. The summed E-state index contributed by atoms with van der Waals surface area (Å²) >= 11 is 0. The molecule has 2 aliphatic rings. The van der Waals surface area contributed by atoms with Crippen molar-refractivity contribution < 1.29 is 13.5 Å². The molecule has 5 rings (SSSR count). The van der Waals surface area contributed by atoms with Crippen LogP contribution in [-0.4, -0.2) is 86.9 Å². The number of hydrogen-bond acceptors (Lipinski definition) is 6. The third-order valence-corrected chi connectivity index (χ3v) is 10.6. The van der Waals surface area contributed by atoms with Crippen molar-refractivity contribution in [3.63, 3.8) is 0 Å². The van der Waals surface area contributed by atoms with E-state index in [-0.39, 0.29) is 16.6 Å². The third kappa shape index (κ3) is 6.37. The van der Waals surface area contributed by atoms with Crippen molar-refractivity contribution in [3.8, 4) is 5.69 Å². The molecule has 228 valence electrons. The number of benzene rings is 2. The Bertz CT molecular complexity index is 1410. The highest BCUT2D eigenvalue weighted by atomic mass is 32.3. The van der Waals surface area contributed by atoms with Gasteiger partial charge in [-0.3, -0.25) is 9.11 Å². The third-order valence-electron chi connectivity index (χ3n) is 8.70. The Morgan fingerprint density at radius 1 is 1.00 bits per heavy atom. The molecule has 1 fully saturated rings. The zero-order valence-corrected chi connectivity index (χ0v) is 26.7. The van der Waals surface area contributed by atoms with Crippen LogP contribution < -0.4 is 0 Å². The van der Waals surface area contributed by atoms with E-state index in [9.17, 15) is 13.5 Å². The molecule has 0 amide bonds. The predicted octanol–water partition coefficient (Wildman–Crippen LogP) is 6.55. The summed E-state index contributed by atoms with van der Waals surface area (Å²) in [5, 5.41) is 4.70. The van der Waals surface area contributed by atoms with Crippen molar-refractivity contribution in [1.29, 1.82) is 0 Å². The smallest absolute Gasteiger partial charge is 0.123 e. The SMILES string of the molecule is CN(C)CCCN(C)C[C@]12Cc3cnn(-c4ccc(F)cc4)c3C=C1CCN(S(O)(O)c1ccc(C(C)(C)C)cc1)C2. The van der Waals surface area contributed by atoms with E-state index in [1.54, 1.807) is 12.1 Å². The van der Waals surface area contributed by atoms with Gasteiger partial charge in [0.25, 0.3) is 0 Å². The zero-order valence-electron chi connectivity index (χ0n) is 25.8. The van der Waals surface area contributed by atoms with Crippen LogP contribution in [0.25, 0.3) is 11.8 Å². The van der Waals surface area contributed by atoms with E-state index >= 15 is 0 Å². The van der Waals surface area contributed by atoms with E-state index in [1.807, 2.05) is 39.4 Å². The quantitative estimate of drug-likeness (QED) is 0.293. The van der Waals surface area contributed by atoms with Gasteiger partial charge in [0.1, 0.15) is 5.82 Å². The maximum atomic E-state index is 13.6. The van der Waals surface area contributed by atoms with Crippen LogP contribution >= 0.6 is 10.8 Å². The van der Waals surface area contributed by atoms with E-state index < -0.39 is 10.8 Å². The number of aromatic nitrogens is 2. The molecule has 7 nitrogen and oxygen atoms in total. The Kier molecular flexibility index (Phi) is 8.73. The lowest BCUT2D eigenvalue weighted by molar-refractivity contribution is 0.137. The van der Waals surface area contributed by atoms with Gasteiger partial charge in [0.05, 0.1) is 22.5 Å². The Labute approximate surface area is 252 Å². The average molecular weight is 596 g/mol. The van der Waals surface area contributed by atoms with Gasteiger partial charge in [0.2, 0.25) is 0 Å². The van der Waals surface area contributed by atoms with Crippen molar-refractivity contribution >= 4 is 16.9 Å². The fraction of sp³-hybridized carbons (Fsp3) is 0.485. The summed E-state index contributed by atoms with van der Waals surface area (Å²) in [6.07, 6.45) is 6.72. The highest BCUT2D eigenvalue weighted by Gasteiger charge is 2.46. The summed E-state index contributed by atoms with van der Waals surface area (Å²) in [5.74, 6) is -0.270. The Balaban J connectivity index is 1.46. The molecule has 0 unspecified atom stereocenters.